The van der Waals surface area contributed by atoms with Crippen LogP contribution in [0.4, 0.5) is 0 Å². The van der Waals surface area contributed by atoms with Crippen LogP contribution in [0.5, 0.6) is 0 Å². The molecule has 0 aliphatic rings. The fraction of sp³-hybridized carbons (Fsp3) is 0.778. The standard InChI is InChI=1S/C18H30O8/c1-3-5-8-13(17(23)24)14(18(25)26)10-7-6-9-12(16(21)22)11(4-2)15(19)20/h11-14H,3-10H2,1-2H3,(H,19,20)(H,21,22)(H,23,24)(H,25,26). The molecule has 0 aromatic rings. The Morgan fingerprint density at radius 1 is 0.577 bits per heavy atom. The first-order chi connectivity index (χ1) is 12.2. The molecule has 8 nitrogen and oxygen atoms in total. The van der Waals surface area contributed by atoms with Gasteiger partial charge in [0.1, 0.15) is 0 Å². The van der Waals surface area contributed by atoms with E-state index in [0.29, 0.717) is 19.3 Å². The lowest BCUT2D eigenvalue weighted by molar-refractivity contribution is -0.154. The van der Waals surface area contributed by atoms with Crippen molar-refractivity contribution in [3.63, 3.8) is 0 Å². The molecule has 0 saturated carbocycles. The van der Waals surface area contributed by atoms with Gasteiger partial charge in [0.05, 0.1) is 23.7 Å². The van der Waals surface area contributed by atoms with Crippen LogP contribution in [0.25, 0.3) is 0 Å². The van der Waals surface area contributed by atoms with Gasteiger partial charge in [0.15, 0.2) is 0 Å². The van der Waals surface area contributed by atoms with E-state index in [2.05, 4.69) is 0 Å². The van der Waals surface area contributed by atoms with Gasteiger partial charge in [-0.05, 0) is 25.7 Å². The van der Waals surface area contributed by atoms with E-state index in [1.165, 1.54) is 0 Å². The predicted molar refractivity (Wildman–Crippen MR) is 92.8 cm³/mol. The first-order valence-corrected chi connectivity index (χ1v) is 9.08. The minimum atomic E-state index is -1.18. The van der Waals surface area contributed by atoms with Gasteiger partial charge in [-0.15, -0.1) is 0 Å². The molecule has 0 aliphatic heterocycles. The zero-order valence-corrected chi connectivity index (χ0v) is 15.4. The highest BCUT2D eigenvalue weighted by molar-refractivity contribution is 5.80. The molecule has 0 spiro atoms. The molecule has 0 saturated heterocycles. The molecule has 4 unspecified atom stereocenters. The van der Waals surface area contributed by atoms with E-state index < -0.39 is 47.5 Å². The average molecular weight is 374 g/mol. The fourth-order valence-corrected chi connectivity index (χ4v) is 3.27. The number of rotatable bonds is 15. The van der Waals surface area contributed by atoms with E-state index in [1.807, 2.05) is 6.92 Å². The Kier molecular flexibility index (Phi) is 11.3. The third-order valence-electron chi connectivity index (χ3n) is 4.83. The quantitative estimate of drug-likeness (QED) is 0.320. The molecule has 0 aromatic carbocycles. The molecule has 0 aliphatic carbocycles. The Hall–Kier alpha value is -2.12. The van der Waals surface area contributed by atoms with Gasteiger partial charge >= 0.3 is 23.9 Å². The van der Waals surface area contributed by atoms with Gasteiger partial charge in [-0.1, -0.05) is 39.5 Å². The maximum Gasteiger partial charge on any atom is 0.307 e. The minimum Gasteiger partial charge on any atom is -0.481 e. The summed E-state index contributed by atoms with van der Waals surface area (Å²) in [5.41, 5.74) is 0. The molecular formula is C18H30O8. The van der Waals surface area contributed by atoms with Crippen molar-refractivity contribution in [3.05, 3.63) is 0 Å². The van der Waals surface area contributed by atoms with Crippen LogP contribution in [-0.2, 0) is 19.2 Å². The molecule has 150 valence electrons. The summed E-state index contributed by atoms with van der Waals surface area (Å²) in [5, 5.41) is 37.0. The highest BCUT2D eigenvalue weighted by atomic mass is 16.4. The molecule has 26 heavy (non-hydrogen) atoms. The summed E-state index contributed by atoms with van der Waals surface area (Å²) in [6.45, 7) is 3.51. The number of unbranched alkanes of at least 4 members (excludes halogenated alkanes) is 2. The second-order valence-electron chi connectivity index (χ2n) is 6.61. The Balaban J connectivity index is 4.80. The SMILES string of the molecule is CCCCC(C(=O)O)C(CCCCC(C(=O)O)C(CC)C(=O)O)C(=O)O. The van der Waals surface area contributed by atoms with Crippen molar-refractivity contribution < 1.29 is 39.6 Å². The highest BCUT2D eigenvalue weighted by Gasteiger charge is 2.34. The molecule has 0 radical (unpaired) electrons. The summed E-state index contributed by atoms with van der Waals surface area (Å²) in [4.78, 5) is 45.3. The summed E-state index contributed by atoms with van der Waals surface area (Å²) in [5.74, 6) is -8.65. The number of hydrogen-bond donors (Lipinski definition) is 4. The fourth-order valence-electron chi connectivity index (χ4n) is 3.27. The molecule has 0 amide bonds. The number of aliphatic carboxylic acids is 4. The van der Waals surface area contributed by atoms with Gasteiger partial charge in [-0.25, -0.2) is 0 Å². The van der Waals surface area contributed by atoms with Crippen LogP contribution in [0, 0.1) is 23.7 Å². The second-order valence-corrected chi connectivity index (χ2v) is 6.61. The van der Waals surface area contributed by atoms with Crippen LogP contribution in [-0.4, -0.2) is 44.3 Å². The number of carbonyl (C=O) groups is 4. The van der Waals surface area contributed by atoms with E-state index in [4.69, 9.17) is 5.11 Å². The van der Waals surface area contributed by atoms with E-state index in [-0.39, 0.29) is 25.7 Å². The number of carboxylic acids is 4. The summed E-state index contributed by atoms with van der Waals surface area (Å²) in [6, 6.07) is 0. The van der Waals surface area contributed by atoms with Gasteiger partial charge in [-0.2, -0.15) is 0 Å². The van der Waals surface area contributed by atoms with Crippen LogP contribution in [0.15, 0.2) is 0 Å². The Bertz CT molecular complexity index is 488. The Morgan fingerprint density at radius 2 is 0.885 bits per heavy atom. The molecule has 0 rings (SSSR count). The van der Waals surface area contributed by atoms with Crippen molar-refractivity contribution in [2.24, 2.45) is 23.7 Å². The van der Waals surface area contributed by atoms with Crippen LogP contribution in [0.2, 0.25) is 0 Å². The van der Waals surface area contributed by atoms with E-state index in [0.717, 1.165) is 6.42 Å². The Morgan fingerprint density at radius 3 is 1.15 bits per heavy atom. The third-order valence-corrected chi connectivity index (χ3v) is 4.83. The molecule has 0 fully saturated rings. The van der Waals surface area contributed by atoms with Crippen molar-refractivity contribution in [2.45, 2.75) is 65.2 Å². The first kappa shape index (κ1) is 23.9. The largest absolute Gasteiger partial charge is 0.481 e. The summed E-state index contributed by atoms with van der Waals surface area (Å²) in [6.07, 6.45) is 2.81. The van der Waals surface area contributed by atoms with Crippen molar-refractivity contribution in [2.75, 3.05) is 0 Å². The van der Waals surface area contributed by atoms with Crippen LogP contribution in [0.3, 0.4) is 0 Å². The lowest BCUT2D eigenvalue weighted by atomic mass is 9.82. The average Bonchev–Trinajstić information content (AvgIpc) is 2.54. The van der Waals surface area contributed by atoms with Crippen LogP contribution >= 0.6 is 0 Å². The van der Waals surface area contributed by atoms with Gasteiger partial charge in [-0.3, -0.25) is 19.2 Å². The monoisotopic (exact) mass is 374 g/mol. The smallest absolute Gasteiger partial charge is 0.307 e. The zero-order valence-electron chi connectivity index (χ0n) is 15.4. The minimum absolute atomic E-state index is 0.124. The molecule has 0 heterocycles. The molecule has 4 atom stereocenters. The van der Waals surface area contributed by atoms with Gasteiger partial charge in [0.25, 0.3) is 0 Å². The van der Waals surface area contributed by atoms with Gasteiger partial charge in [0.2, 0.25) is 0 Å². The highest BCUT2D eigenvalue weighted by Crippen LogP contribution is 2.27. The maximum atomic E-state index is 11.5. The van der Waals surface area contributed by atoms with E-state index in [9.17, 15) is 34.5 Å². The molecule has 8 heteroatoms. The summed E-state index contributed by atoms with van der Waals surface area (Å²) in [7, 11) is 0. The van der Waals surface area contributed by atoms with Crippen LogP contribution < -0.4 is 0 Å². The van der Waals surface area contributed by atoms with Crippen molar-refractivity contribution in [1.82, 2.24) is 0 Å². The normalized spacial score (nSPS) is 15.6. The van der Waals surface area contributed by atoms with E-state index >= 15 is 0 Å². The lowest BCUT2D eigenvalue weighted by Crippen LogP contribution is -2.30. The Labute approximate surface area is 153 Å². The number of carboxylic acid groups (broad SMARTS) is 4. The van der Waals surface area contributed by atoms with Crippen molar-refractivity contribution >= 4 is 23.9 Å². The molecule has 0 bridgehead atoms. The maximum absolute atomic E-state index is 11.5. The predicted octanol–water partition coefficient (Wildman–Crippen LogP) is 2.95. The first-order valence-electron chi connectivity index (χ1n) is 9.08. The summed E-state index contributed by atoms with van der Waals surface area (Å²) < 4.78 is 0. The van der Waals surface area contributed by atoms with Crippen molar-refractivity contribution in [3.8, 4) is 0 Å². The molecular weight excluding hydrogens is 344 g/mol. The number of hydrogen-bond acceptors (Lipinski definition) is 4. The second kappa shape index (κ2) is 12.3. The summed E-state index contributed by atoms with van der Waals surface area (Å²) >= 11 is 0. The van der Waals surface area contributed by atoms with Crippen LogP contribution in [0.1, 0.15) is 65.2 Å². The lowest BCUT2D eigenvalue weighted by Gasteiger charge is -2.21. The molecule has 0 aromatic heterocycles. The van der Waals surface area contributed by atoms with Gasteiger partial charge in [0, 0.05) is 0 Å². The third kappa shape index (κ3) is 7.84. The van der Waals surface area contributed by atoms with E-state index in [1.54, 1.807) is 6.92 Å². The van der Waals surface area contributed by atoms with Gasteiger partial charge < -0.3 is 20.4 Å². The van der Waals surface area contributed by atoms with Crippen molar-refractivity contribution in [1.29, 1.82) is 0 Å². The topological polar surface area (TPSA) is 149 Å². The zero-order chi connectivity index (χ0) is 20.3. The molecule has 4 N–H and O–H groups in total.